The van der Waals surface area contributed by atoms with E-state index in [1.807, 2.05) is 27.7 Å². The molecule has 0 saturated heterocycles. The zero-order valence-corrected chi connectivity index (χ0v) is 17.1. The molecule has 25 heavy (non-hydrogen) atoms. The van der Waals surface area contributed by atoms with Crippen LogP contribution in [0.15, 0.2) is 47.6 Å². The lowest BCUT2D eigenvalue weighted by Crippen LogP contribution is -1.92. The zero-order valence-electron chi connectivity index (χ0n) is 14.8. The molecule has 0 aliphatic rings. The fourth-order valence-corrected chi connectivity index (χ4v) is 2.75. The predicted octanol–water partition coefficient (Wildman–Crippen LogP) is 6.25. The summed E-state index contributed by atoms with van der Waals surface area (Å²) < 4.78 is 0. The number of nitrogens with zero attached hydrogens (tertiary/aromatic N) is 3. The lowest BCUT2D eigenvalue weighted by Gasteiger charge is -2.04. The lowest BCUT2D eigenvalue weighted by molar-refractivity contribution is 1.11. The summed E-state index contributed by atoms with van der Waals surface area (Å²) in [5, 5.41) is 1.63. The van der Waals surface area contributed by atoms with Crippen molar-refractivity contribution in [2.45, 2.75) is 37.6 Å². The molecule has 8 heteroatoms. The Morgan fingerprint density at radius 2 is 1.76 bits per heavy atom. The van der Waals surface area contributed by atoms with Gasteiger partial charge in [0.2, 0.25) is 0 Å². The van der Waals surface area contributed by atoms with Crippen molar-refractivity contribution in [3.05, 3.63) is 47.9 Å². The maximum atomic E-state index is 6.08. The Morgan fingerprint density at radius 1 is 1.12 bits per heavy atom. The number of hydrogen-bond donors (Lipinski definition) is 2. The second-order valence-electron chi connectivity index (χ2n) is 3.67. The highest BCUT2D eigenvalue weighted by atomic mass is 35.5. The van der Waals surface area contributed by atoms with E-state index in [1.165, 1.54) is 11.8 Å². The molecule has 0 unspecified atom stereocenters. The Balaban J connectivity index is 0.000000871. The first-order valence-corrected chi connectivity index (χ1v) is 9.30. The van der Waals surface area contributed by atoms with E-state index in [4.69, 9.17) is 28.9 Å². The van der Waals surface area contributed by atoms with Crippen molar-refractivity contribution in [2.75, 3.05) is 5.73 Å². The van der Waals surface area contributed by atoms with Gasteiger partial charge in [-0.3, -0.25) is 0 Å². The van der Waals surface area contributed by atoms with E-state index < -0.39 is 0 Å². The highest BCUT2D eigenvalue weighted by Crippen LogP contribution is 2.34. The van der Waals surface area contributed by atoms with Crippen LogP contribution in [0.4, 0.5) is 5.82 Å². The molecule has 5 nitrogen and oxygen atoms in total. The molecule has 0 spiro atoms. The molecule has 3 rings (SSSR count). The van der Waals surface area contributed by atoms with Gasteiger partial charge in [0, 0.05) is 17.2 Å². The molecule has 136 valence electrons. The third-order valence-corrected chi connectivity index (χ3v) is 4.05. The van der Waals surface area contributed by atoms with E-state index in [0.29, 0.717) is 32.2 Å². The van der Waals surface area contributed by atoms with Gasteiger partial charge in [0.25, 0.3) is 0 Å². The molecule has 0 atom stereocenters. The fraction of sp³-hybridized carbons (Fsp3) is 0.235. The summed E-state index contributed by atoms with van der Waals surface area (Å²) >= 11 is 13.3. The summed E-state index contributed by atoms with van der Waals surface area (Å²) in [6.07, 6.45) is 3.25. The molecule has 0 fully saturated rings. The molecule has 0 aliphatic heterocycles. The zero-order chi connectivity index (χ0) is 19.4. The van der Waals surface area contributed by atoms with E-state index in [-0.39, 0.29) is 0 Å². The molecule has 0 amide bonds. The first-order chi connectivity index (χ1) is 12.1. The van der Waals surface area contributed by atoms with Crippen LogP contribution in [0.2, 0.25) is 10.2 Å². The summed E-state index contributed by atoms with van der Waals surface area (Å²) in [4.78, 5) is 16.3. The minimum absolute atomic E-state index is 0.297. The van der Waals surface area contributed by atoms with E-state index in [1.54, 1.807) is 24.5 Å². The average Bonchev–Trinajstić information content (AvgIpc) is 3.03. The number of fused-ring (bicyclic) bond motifs is 1. The van der Waals surface area contributed by atoms with Gasteiger partial charge >= 0.3 is 0 Å². The van der Waals surface area contributed by atoms with Gasteiger partial charge in [-0.15, -0.1) is 13.2 Å². The van der Waals surface area contributed by atoms with Crippen LogP contribution >= 0.6 is 35.0 Å². The van der Waals surface area contributed by atoms with E-state index in [2.05, 4.69) is 33.1 Å². The number of hydrogen-bond acceptors (Lipinski definition) is 5. The predicted molar refractivity (Wildman–Crippen MR) is 111 cm³/mol. The monoisotopic (exact) mass is 399 g/mol. The fourth-order valence-electron chi connectivity index (χ4n) is 1.53. The van der Waals surface area contributed by atoms with Crippen LogP contribution < -0.4 is 5.73 Å². The number of halogens is 2. The molecule has 0 saturated carbocycles. The highest BCUT2D eigenvalue weighted by Gasteiger charge is 2.09. The van der Waals surface area contributed by atoms with Gasteiger partial charge in [0.05, 0.1) is 11.2 Å². The van der Waals surface area contributed by atoms with Gasteiger partial charge in [-0.25, -0.2) is 15.0 Å². The van der Waals surface area contributed by atoms with Gasteiger partial charge < -0.3 is 10.7 Å². The number of nitrogens with one attached hydrogen (secondary N) is 1. The Kier molecular flexibility index (Phi) is 11.7. The normalized spacial score (nSPS) is 9.04. The summed E-state index contributed by atoms with van der Waals surface area (Å²) in [6.45, 7) is 14.0. The SMILES string of the molecule is C=C.CC.CC.Nc1nccc(Sc2cnc3[nH]c(Cl)cc3n2)c1Cl. The van der Waals surface area contributed by atoms with Crippen molar-refractivity contribution in [1.29, 1.82) is 0 Å². The smallest absolute Gasteiger partial charge is 0.157 e. The Morgan fingerprint density at radius 3 is 2.40 bits per heavy atom. The van der Waals surface area contributed by atoms with Crippen molar-refractivity contribution in [3.63, 3.8) is 0 Å². The minimum Gasteiger partial charge on any atom is -0.382 e. The number of nitrogens with two attached hydrogens (primary N) is 1. The van der Waals surface area contributed by atoms with E-state index in [0.717, 1.165) is 4.90 Å². The third kappa shape index (κ3) is 6.57. The number of anilines is 1. The molecule has 0 aliphatic carbocycles. The molecule has 3 heterocycles. The second kappa shape index (κ2) is 12.6. The first-order valence-electron chi connectivity index (χ1n) is 7.72. The molecule has 3 aromatic rings. The van der Waals surface area contributed by atoms with Crippen LogP contribution in [0.1, 0.15) is 27.7 Å². The molecule has 0 radical (unpaired) electrons. The Labute approximate surface area is 163 Å². The van der Waals surface area contributed by atoms with Crippen LogP contribution in [0, 0.1) is 0 Å². The number of pyridine rings is 1. The summed E-state index contributed by atoms with van der Waals surface area (Å²) in [6, 6.07) is 3.50. The van der Waals surface area contributed by atoms with Gasteiger partial charge in [-0.2, -0.15) is 0 Å². The molecular formula is C17H23Cl2N5S. The highest BCUT2D eigenvalue weighted by molar-refractivity contribution is 7.99. The lowest BCUT2D eigenvalue weighted by atomic mass is 10.5. The number of H-pyrrole nitrogens is 1. The summed E-state index contributed by atoms with van der Waals surface area (Å²) in [5.74, 6) is 0.297. The van der Waals surface area contributed by atoms with Crippen molar-refractivity contribution in [2.24, 2.45) is 0 Å². The largest absolute Gasteiger partial charge is 0.382 e. The van der Waals surface area contributed by atoms with Crippen LogP contribution in [0.3, 0.4) is 0 Å². The Bertz CT molecular complexity index is 777. The quantitative estimate of drug-likeness (QED) is 0.497. The van der Waals surface area contributed by atoms with Crippen molar-refractivity contribution in [1.82, 2.24) is 19.9 Å². The van der Waals surface area contributed by atoms with Gasteiger partial charge in [0.15, 0.2) is 5.65 Å². The molecular weight excluding hydrogens is 377 g/mol. The van der Waals surface area contributed by atoms with E-state index in [9.17, 15) is 0 Å². The molecule has 0 aromatic carbocycles. The Hall–Kier alpha value is -1.76. The minimum atomic E-state index is 0.297. The van der Waals surface area contributed by atoms with Crippen LogP contribution in [-0.4, -0.2) is 19.9 Å². The third-order valence-electron chi connectivity index (χ3n) is 2.37. The standard InChI is InChI=1S/C11H7Cl2N5S.2C2H6.C2H4/c12-7-3-5-11(18-7)16-4-8(17-5)19-6-1-2-15-10(14)9(6)13;3*1-2/h1-4H,(H2,14,15)(H,16,18);2*1-2H3;1-2H2. The van der Waals surface area contributed by atoms with Crippen molar-refractivity contribution >= 4 is 51.9 Å². The number of rotatable bonds is 2. The molecule has 3 N–H and O–H groups in total. The summed E-state index contributed by atoms with van der Waals surface area (Å²) in [7, 11) is 0. The van der Waals surface area contributed by atoms with Crippen molar-refractivity contribution < 1.29 is 0 Å². The van der Waals surface area contributed by atoms with Crippen LogP contribution in [-0.2, 0) is 0 Å². The first kappa shape index (κ1) is 23.2. The van der Waals surface area contributed by atoms with Crippen LogP contribution in [0.25, 0.3) is 11.2 Å². The number of aromatic nitrogens is 4. The van der Waals surface area contributed by atoms with Crippen molar-refractivity contribution in [3.8, 4) is 0 Å². The second-order valence-corrected chi connectivity index (χ2v) is 5.52. The number of aromatic amines is 1. The van der Waals surface area contributed by atoms with Gasteiger partial charge in [0.1, 0.15) is 21.5 Å². The molecule has 3 aromatic heterocycles. The maximum absolute atomic E-state index is 6.08. The van der Waals surface area contributed by atoms with Crippen LogP contribution in [0.5, 0.6) is 0 Å². The van der Waals surface area contributed by atoms with Gasteiger partial charge in [-0.05, 0) is 6.07 Å². The topological polar surface area (TPSA) is 80.5 Å². The maximum Gasteiger partial charge on any atom is 0.157 e. The number of nitrogen functional groups attached to an aromatic ring is 1. The average molecular weight is 400 g/mol. The molecule has 0 bridgehead atoms. The van der Waals surface area contributed by atoms with Gasteiger partial charge in [-0.1, -0.05) is 62.7 Å². The van der Waals surface area contributed by atoms with E-state index >= 15 is 0 Å². The summed E-state index contributed by atoms with van der Waals surface area (Å²) in [5.41, 5.74) is 7.00.